The van der Waals surface area contributed by atoms with Gasteiger partial charge < -0.3 is 15.2 Å². The molecule has 1 heterocycles. The summed E-state index contributed by atoms with van der Waals surface area (Å²) in [6, 6.07) is 16.5. The van der Waals surface area contributed by atoms with Gasteiger partial charge in [0, 0.05) is 24.1 Å². The van der Waals surface area contributed by atoms with Crippen LogP contribution in [-0.4, -0.2) is 10.6 Å². The number of rotatable bonds is 5. The third-order valence-electron chi connectivity index (χ3n) is 4.22. The SMILES string of the molecule is Cc1cccc(Cn2cccc2CNC(=O)Nc2ccc(C)c(F)c2)c1. The number of hydrogen-bond donors (Lipinski definition) is 2. The third kappa shape index (κ3) is 4.51. The highest BCUT2D eigenvalue weighted by Crippen LogP contribution is 2.14. The maximum Gasteiger partial charge on any atom is 0.319 e. The predicted octanol–water partition coefficient (Wildman–Crippen LogP) is 4.61. The van der Waals surface area contributed by atoms with Crippen molar-refractivity contribution in [3.63, 3.8) is 0 Å². The van der Waals surface area contributed by atoms with E-state index in [2.05, 4.69) is 40.3 Å². The van der Waals surface area contributed by atoms with Crippen molar-refractivity contribution in [1.29, 1.82) is 0 Å². The Labute approximate surface area is 152 Å². The second-order valence-electron chi connectivity index (χ2n) is 6.39. The van der Waals surface area contributed by atoms with Crippen LogP contribution in [0.1, 0.15) is 22.4 Å². The molecule has 0 fully saturated rings. The van der Waals surface area contributed by atoms with E-state index in [9.17, 15) is 9.18 Å². The van der Waals surface area contributed by atoms with Crippen LogP contribution in [0.5, 0.6) is 0 Å². The molecule has 0 aliphatic carbocycles. The van der Waals surface area contributed by atoms with Crippen LogP contribution in [0.25, 0.3) is 0 Å². The van der Waals surface area contributed by atoms with E-state index in [1.807, 2.05) is 24.4 Å². The van der Waals surface area contributed by atoms with Crippen molar-refractivity contribution in [3.8, 4) is 0 Å². The van der Waals surface area contributed by atoms with Crippen molar-refractivity contribution in [2.75, 3.05) is 5.32 Å². The summed E-state index contributed by atoms with van der Waals surface area (Å²) in [6.45, 7) is 4.89. The number of benzene rings is 2. The molecule has 0 atom stereocenters. The van der Waals surface area contributed by atoms with Crippen LogP contribution in [0.4, 0.5) is 14.9 Å². The Bertz CT molecular complexity index is 917. The molecule has 0 saturated carbocycles. The van der Waals surface area contributed by atoms with Gasteiger partial charge in [0.1, 0.15) is 5.82 Å². The largest absolute Gasteiger partial charge is 0.345 e. The van der Waals surface area contributed by atoms with E-state index in [1.54, 1.807) is 19.1 Å². The zero-order chi connectivity index (χ0) is 18.5. The van der Waals surface area contributed by atoms with E-state index in [-0.39, 0.29) is 11.8 Å². The van der Waals surface area contributed by atoms with Crippen molar-refractivity contribution in [3.05, 3.63) is 89.0 Å². The number of nitrogens with one attached hydrogen (secondary N) is 2. The van der Waals surface area contributed by atoms with Gasteiger partial charge in [-0.3, -0.25) is 0 Å². The van der Waals surface area contributed by atoms with Gasteiger partial charge in [-0.25, -0.2) is 9.18 Å². The number of carbonyl (C=O) groups excluding carboxylic acids is 1. The Balaban J connectivity index is 1.59. The van der Waals surface area contributed by atoms with E-state index in [1.165, 1.54) is 17.2 Å². The molecule has 134 valence electrons. The fourth-order valence-corrected chi connectivity index (χ4v) is 2.79. The zero-order valence-electron chi connectivity index (χ0n) is 14.9. The lowest BCUT2D eigenvalue weighted by Gasteiger charge is -2.12. The second-order valence-corrected chi connectivity index (χ2v) is 6.39. The lowest BCUT2D eigenvalue weighted by molar-refractivity contribution is 0.251. The molecule has 0 aliphatic rings. The monoisotopic (exact) mass is 351 g/mol. The van der Waals surface area contributed by atoms with Gasteiger partial charge >= 0.3 is 6.03 Å². The van der Waals surface area contributed by atoms with Crippen LogP contribution in [0, 0.1) is 19.7 Å². The number of anilines is 1. The minimum atomic E-state index is -0.364. The van der Waals surface area contributed by atoms with Crippen LogP contribution in [0.3, 0.4) is 0 Å². The fraction of sp³-hybridized carbons (Fsp3) is 0.190. The summed E-state index contributed by atoms with van der Waals surface area (Å²) in [6.07, 6.45) is 1.99. The minimum Gasteiger partial charge on any atom is -0.345 e. The highest BCUT2D eigenvalue weighted by atomic mass is 19.1. The molecule has 0 saturated heterocycles. The van der Waals surface area contributed by atoms with Gasteiger partial charge in [0.25, 0.3) is 0 Å². The number of carbonyl (C=O) groups is 1. The number of halogens is 1. The molecule has 0 spiro atoms. The lowest BCUT2D eigenvalue weighted by atomic mass is 10.1. The minimum absolute atomic E-state index is 0.338. The number of aryl methyl sites for hydroxylation is 2. The lowest BCUT2D eigenvalue weighted by Crippen LogP contribution is -2.29. The molecule has 0 bridgehead atoms. The Morgan fingerprint density at radius 3 is 2.69 bits per heavy atom. The van der Waals surface area contributed by atoms with Gasteiger partial charge in [0.2, 0.25) is 0 Å². The average molecular weight is 351 g/mol. The summed E-state index contributed by atoms with van der Waals surface area (Å²) in [4.78, 5) is 12.1. The molecule has 2 aromatic carbocycles. The molecule has 2 amide bonds. The number of aromatic nitrogens is 1. The molecule has 4 nitrogen and oxygen atoms in total. The maximum atomic E-state index is 13.6. The van der Waals surface area contributed by atoms with E-state index in [0.717, 1.165) is 12.2 Å². The quantitative estimate of drug-likeness (QED) is 0.692. The van der Waals surface area contributed by atoms with Gasteiger partial charge in [0.15, 0.2) is 0 Å². The average Bonchev–Trinajstić information content (AvgIpc) is 3.03. The van der Waals surface area contributed by atoms with Gasteiger partial charge in [0.05, 0.1) is 6.54 Å². The van der Waals surface area contributed by atoms with Crippen LogP contribution in [-0.2, 0) is 13.1 Å². The highest BCUT2D eigenvalue weighted by Gasteiger charge is 2.07. The molecule has 0 aliphatic heterocycles. The Morgan fingerprint density at radius 2 is 1.92 bits per heavy atom. The standard InChI is InChI=1S/C21H22FN3O/c1-15-5-3-6-17(11-15)14-25-10-4-7-19(25)13-23-21(26)24-18-9-8-16(2)20(22)12-18/h3-12H,13-14H2,1-2H3,(H2,23,24,26). The molecule has 5 heteroatoms. The van der Waals surface area contributed by atoms with E-state index < -0.39 is 0 Å². The molecule has 0 radical (unpaired) electrons. The Hall–Kier alpha value is -3.08. The second kappa shape index (κ2) is 7.87. The van der Waals surface area contributed by atoms with E-state index in [0.29, 0.717) is 17.8 Å². The molecule has 3 rings (SSSR count). The van der Waals surface area contributed by atoms with Crippen LogP contribution in [0.15, 0.2) is 60.8 Å². The zero-order valence-corrected chi connectivity index (χ0v) is 14.9. The fourth-order valence-electron chi connectivity index (χ4n) is 2.79. The summed E-state index contributed by atoms with van der Waals surface area (Å²) in [5, 5.41) is 5.46. The third-order valence-corrected chi connectivity index (χ3v) is 4.22. The van der Waals surface area contributed by atoms with Gasteiger partial charge in [-0.2, -0.15) is 0 Å². The molecular formula is C21H22FN3O. The molecule has 26 heavy (non-hydrogen) atoms. The topological polar surface area (TPSA) is 46.1 Å². The first-order valence-electron chi connectivity index (χ1n) is 8.52. The summed E-state index contributed by atoms with van der Waals surface area (Å²) < 4.78 is 15.6. The summed E-state index contributed by atoms with van der Waals surface area (Å²) >= 11 is 0. The summed E-state index contributed by atoms with van der Waals surface area (Å²) in [5.41, 5.74) is 4.41. The smallest absolute Gasteiger partial charge is 0.319 e. The first kappa shape index (κ1) is 17.7. The number of hydrogen-bond acceptors (Lipinski definition) is 1. The Morgan fingerprint density at radius 1 is 1.08 bits per heavy atom. The van der Waals surface area contributed by atoms with E-state index in [4.69, 9.17) is 0 Å². The molecule has 0 unspecified atom stereocenters. The van der Waals surface area contributed by atoms with Gasteiger partial charge in [-0.1, -0.05) is 35.9 Å². The van der Waals surface area contributed by atoms with Crippen LogP contribution in [0.2, 0.25) is 0 Å². The van der Waals surface area contributed by atoms with Crippen molar-refractivity contribution in [2.24, 2.45) is 0 Å². The van der Waals surface area contributed by atoms with Crippen LogP contribution < -0.4 is 10.6 Å². The molecule has 2 N–H and O–H groups in total. The highest BCUT2D eigenvalue weighted by molar-refractivity contribution is 5.89. The van der Waals surface area contributed by atoms with Crippen molar-refractivity contribution in [1.82, 2.24) is 9.88 Å². The van der Waals surface area contributed by atoms with Gasteiger partial charge in [-0.05, 0) is 49.2 Å². The first-order chi connectivity index (χ1) is 12.5. The normalized spacial score (nSPS) is 10.6. The van der Waals surface area contributed by atoms with Crippen molar-refractivity contribution in [2.45, 2.75) is 26.9 Å². The molecule has 1 aromatic heterocycles. The predicted molar refractivity (Wildman–Crippen MR) is 102 cm³/mol. The first-order valence-corrected chi connectivity index (χ1v) is 8.52. The van der Waals surface area contributed by atoms with E-state index >= 15 is 0 Å². The number of amides is 2. The number of urea groups is 1. The van der Waals surface area contributed by atoms with Crippen LogP contribution >= 0.6 is 0 Å². The van der Waals surface area contributed by atoms with Crippen molar-refractivity contribution >= 4 is 11.7 Å². The van der Waals surface area contributed by atoms with Crippen molar-refractivity contribution < 1.29 is 9.18 Å². The van der Waals surface area contributed by atoms with Gasteiger partial charge in [-0.15, -0.1) is 0 Å². The summed E-state index contributed by atoms with van der Waals surface area (Å²) in [5.74, 6) is -0.338. The molecule has 3 aromatic rings. The molecular weight excluding hydrogens is 329 g/mol. The Kier molecular flexibility index (Phi) is 5.37. The maximum absolute atomic E-state index is 13.6. The number of nitrogens with zero attached hydrogens (tertiary/aromatic N) is 1. The summed E-state index contributed by atoms with van der Waals surface area (Å²) in [7, 11) is 0.